The Kier molecular flexibility index (Phi) is 5.30. The normalized spacial score (nSPS) is 10.6. The molecule has 3 aromatic carbocycles. The highest BCUT2D eigenvalue weighted by Gasteiger charge is 1.99. The summed E-state index contributed by atoms with van der Waals surface area (Å²) in [5, 5.41) is 0. The maximum atomic E-state index is 4.51. The van der Waals surface area contributed by atoms with Crippen LogP contribution in [0.2, 0.25) is 0 Å². The van der Waals surface area contributed by atoms with Crippen LogP contribution >= 0.6 is 0 Å². The topological polar surface area (TPSA) is 37.1 Å². The van der Waals surface area contributed by atoms with Crippen LogP contribution in [0.25, 0.3) is 17.2 Å². The molecule has 3 rings (SSSR count). The Hall–Kier alpha value is -3.59. The first-order chi connectivity index (χ1) is 12.7. The molecule has 0 saturated heterocycles. The smallest absolute Gasteiger partial charge is 0.0672 e. The Morgan fingerprint density at radius 1 is 0.615 bits per heavy atom. The van der Waals surface area contributed by atoms with Crippen molar-refractivity contribution in [2.75, 3.05) is 0 Å². The van der Waals surface area contributed by atoms with Gasteiger partial charge >= 0.3 is 0 Å². The predicted octanol–water partition coefficient (Wildman–Crippen LogP) is 6.41. The molecule has 0 saturated carbocycles. The van der Waals surface area contributed by atoms with Gasteiger partial charge in [0.25, 0.3) is 0 Å². The first kappa shape index (κ1) is 17.2. The van der Waals surface area contributed by atoms with Gasteiger partial charge in [-0.05, 0) is 53.9 Å². The highest BCUT2D eigenvalue weighted by molar-refractivity contribution is 5.84. The van der Waals surface area contributed by atoms with E-state index in [1.54, 1.807) is 0 Å². The fourth-order valence-electron chi connectivity index (χ4n) is 2.56. The molecule has 0 aliphatic carbocycles. The van der Waals surface area contributed by atoms with Crippen molar-refractivity contribution in [2.45, 2.75) is 0 Å². The zero-order valence-electron chi connectivity index (χ0n) is 14.5. The number of nitrogens with zero attached hydrogens (tertiary/aromatic N) is 3. The lowest BCUT2D eigenvalue weighted by molar-refractivity contribution is 1.45. The molecule has 0 aliphatic rings. The summed E-state index contributed by atoms with van der Waals surface area (Å²) in [7, 11) is 0. The van der Waals surface area contributed by atoms with Crippen LogP contribution in [0.15, 0.2) is 88.3 Å². The van der Waals surface area contributed by atoms with Crippen molar-refractivity contribution >= 4 is 42.8 Å². The molecule has 0 amide bonds. The summed E-state index contributed by atoms with van der Waals surface area (Å²) in [6, 6.07) is 22.1. The molecule has 26 heavy (non-hydrogen) atoms. The third-order valence-electron chi connectivity index (χ3n) is 4.01. The first-order valence-corrected chi connectivity index (χ1v) is 8.17. The summed E-state index contributed by atoms with van der Waals surface area (Å²) in [4.78, 5) is 12.4. The summed E-state index contributed by atoms with van der Waals surface area (Å²) in [5.74, 6) is 0. The lowest BCUT2D eigenvalue weighted by Gasteiger charge is -2.03. The second-order valence-corrected chi connectivity index (χ2v) is 5.73. The average molecular weight is 337 g/mol. The molecule has 0 radical (unpaired) electrons. The fraction of sp³-hybridized carbons (Fsp3) is 0. The lowest BCUT2D eigenvalue weighted by Crippen LogP contribution is -1.83. The molecule has 126 valence electrons. The van der Waals surface area contributed by atoms with Gasteiger partial charge in [0.1, 0.15) is 0 Å². The van der Waals surface area contributed by atoms with Crippen molar-refractivity contribution < 1.29 is 0 Å². The molecule has 3 nitrogen and oxygen atoms in total. The van der Waals surface area contributed by atoms with E-state index in [-0.39, 0.29) is 0 Å². The van der Waals surface area contributed by atoms with Crippen LogP contribution < -0.4 is 0 Å². The van der Waals surface area contributed by atoms with Crippen molar-refractivity contribution in [3.8, 4) is 11.1 Å². The molecule has 0 unspecified atom stereocenters. The van der Waals surface area contributed by atoms with Gasteiger partial charge < -0.3 is 0 Å². The van der Waals surface area contributed by atoms with Gasteiger partial charge in [-0.2, -0.15) is 0 Å². The van der Waals surface area contributed by atoms with Crippen LogP contribution in [0.3, 0.4) is 0 Å². The van der Waals surface area contributed by atoms with E-state index >= 15 is 0 Å². The fourth-order valence-corrected chi connectivity index (χ4v) is 2.56. The molecule has 0 aliphatic heterocycles. The number of rotatable bonds is 6. The van der Waals surface area contributed by atoms with Gasteiger partial charge in [0.2, 0.25) is 0 Å². The van der Waals surface area contributed by atoms with E-state index in [9.17, 15) is 0 Å². The van der Waals surface area contributed by atoms with Gasteiger partial charge in [-0.25, -0.2) is 0 Å². The minimum absolute atomic E-state index is 0.723. The van der Waals surface area contributed by atoms with E-state index in [4.69, 9.17) is 0 Å². The number of hydrogen-bond donors (Lipinski definition) is 0. The molecule has 0 fully saturated rings. The third kappa shape index (κ3) is 4.08. The molecule has 0 atom stereocenters. The van der Waals surface area contributed by atoms with Crippen LogP contribution in [-0.2, 0) is 0 Å². The Balaban J connectivity index is 1.80. The van der Waals surface area contributed by atoms with Crippen LogP contribution in [-0.4, -0.2) is 19.6 Å². The minimum atomic E-state index is 0.723. The Morgan fingerprint density at radius 3 is 1.54 bits per heavy atom. The van der Waals surface area contributed by atoms with Crippen LogP contribution in [0.5, 0.6) is 0 Å². The Labute approximate surface area is 153 Å². The monoisotopic (exact) mass is 337 g/mol. The molecule has 0 bridgehead atoms. The van der Waals surface area contributed by atoms with E-state index in [1.807, 2.05) is 42.6 Å². The zero-order valence-corrected chi connectivity index (χ0v) is 14.5. The maximum absolute atomic E-state index is 4.51. The summed E-state index contributed by atoms with van der Waals surface area (Å²) in [6.07, 6.45) is 3.66. The van der Waals surface area contributed by atoms with Gasteiger partial charge in [-0.15, -0.1) is 0 Å². The van der Waals surface area contributed by atoms with Crippen molar-refractivity contribution in [3.63, 3.8) is 0 Å². The minimum Gasteiger partial charge on any atom is -0.265 e. The van der Waals surface area contributed by atoms with Gasteiger partial charge in [-0.3, -0.25) is 15.0 Å². The van der Waals surface area contributed by atoms with Crippen molar-refractivity contribution in [3.05, 3.63) is 84.4 Å². The van der Waals surface area contributed by atoms with Crippen molar-refractivity contribution in [1.29, 1.82) is 0 Å². The van der Waals surface area contributed by atoms with E-state index in [2.05, 4.69) is 71.4 Å². The zero-order chi connectivity index (χ0) is 18.4. The largest absolute Gasteiger partial charge is 0.265 e. The summed E-state index contributed by atoms with van der Waals surface area (Å²) < 4.78 is 0. The molecule has 0 N–H and O–H groups in total. The van der Waals surface area contributed by atoms with Crippen LogP contribution in [0.4, 0.5) is 17.1 Å². The number of benzene rings is 3. The number of aliphatic imine (C=N–C) groups is 3. The summed E-state index contributed by atoms with van der Waals surface area (Å²) >= 11 is 0. The van der Waals surface area contributed by atoms with Crippen LogP contribution in [0.1, 0.15) is 11.1 Å². The molecule has 3 aromatic rings. The third-order valence-corrected chi connectivity index (χ3v) is 4.01. The number of hydrogen-bond acceptors (Lipinski definition) is 3. The lowest BCUT2D eigenvalue weighted by atomic mass is 10.0. The van der Waals surface area contributed by atoms with E-state index in [0.29, 0.717) is 0 Å². The van der Waals surface area contributed by atoms with Crippen molar-refractivity contribution in [2.24, 2.45) is 15.0 Å². The highest BCUT2D eigenvalue weighted by atomic mass is 14.8. The van der Waals surface area contributed by atoms with E-state index in [1.165, 1.54) is 5.56 Å². The SMILES string of the molecule is C=Cc1ccc(-c2ccc(C=Nc3cc(N=C)cc(N=C)c3)cc2)cc1. The molecule has 3 heteroatoms. The van der Waals surface area contributed by atoms with Gasteiger partial charge in [0, 0.05) is 6.21 Å². The van der Waals surface area contributed by atoms with Crippen molar-refractivity contribution in [1.82, 2.24) is 0 Å². The second kappa shape index (κ2) is 7.99. The predicted molar refractivity (Wildman–Crippen MR) is 114 cm³/mol. The van der Waals surface area contributed by atoms with E-state index < -0.39 is 0 Å². The van der Waals surface area contributed by atoms with Gasteiger partial charge in [0.05, 0.1) is 17.1 Å². The maximum Gasteiger partial charge on any atom is 0.0672 e. The second-order valence-electron chi connectivity index (χ2n) is 5.73. The van der Waals surface area contributed by atoms with Crippen LogP contribution in [0, 0.1) is 0 Å². The first-order valence-electron chi connectivity index (χ1n) is 8.17. The summed E-state index contributed by atoms with van der Waals surface area (Å²) in [6.45, 7) is 10.9. The Morgan fingerprint density at radius 2 is 1.08 bits per heavy atom. The van der Waals surface area contributed by atoms with E-state index in [0.717, 1.165) is 33.8 Å². The Bertz CT molecular complexity index is 939. The average Bonchev–Trinajstić information content (AvgIpc) is 2.72. The standard InChI is InChI=1S/C23H19N3/c1-4-17-5-9-19(10-6-17)20-11-7-18(8-12-20)16-26-23-14-21(24-2)13-22(15-23)25-3/h4-16H,1-3H2. The molecule has 0 heterocycles. The molecular weight excluding hydrogens is 318 g/mol. The quantitative estimate of drug-likeness (QED) is 0.466. The van der Waals surface area contributed by atoms with Gasteiger partial charge in [-0.1, -0.05) is 61.2 Å². The summed E-state index contributed by atoms with van der Waals surface area (Å²) in [5.41, 5.74) is 6.67. The molecule has 0 spiro atoms. The molecule has 0 aromatic heterocycles. The molecular formula is C23H19N3. The van der Waals surface area contributed by atoms with Gasteiger partial charge in [0.15, 0.2) is 0 Å². The highest BCUT2D eigenvalue weighted by Crippen LogP contribution is 2.28.